The molecule has 0 aliphatic rings. The first-order valence-corrected chi connectivity index (χ1v) is 8.50. The number of carbonyl (C=O) groups is 1. The molecular formula is C20H17ClFN3O. The molecule has 26 heavy (non-hydrogen) atoms. The van der Waals surface area contributed by atoms with Gasteiger partial charge in [-0.1, -0.05) is 41.9 Å². The molecule has 0 fully saturated rings. The normalized spacial score (nSPS) is 10.4. The molecule has 6 heteroatoms. The minimum absolute atomic E-state index is 0.0305. The molecule has 3 rings (SSSR count). The highest BCUT2D eigenvalue weighted by molar-refractivity contribution is 6.31. The number of pyridine rings is 1. The Hall–Kier alpha value is -2.92. The first-order chi connectivity index (χ1) is 12.6. The van der Waals surface area contributed by atoms with Crippen LogP contribution in [-0.2, 0) is 6.42 Å². The number of benzene rings is 2. The highest BCUT2D eigenvalue weighted by Crippen LogP contribution is 2.22. The predicted octanol–water partition coefficient (Wildman–Crippen LogP) is 4.59. The molecule has 3 aromatic rings. The second-order valence-corrected chi connectivity index (χ2v) is 6.08. The van der Waals surface area contributed by atoms with Crippen LogP contribution in [0.2, 0.25) is 5.02 Å². The fraction of sp³-hybridized carbons (Fsp3) is 0.100. The van der Waals surface area contributed by atoms with E-state index in [1.54, 1.807) is 24.4 Å². The second-order valence-electron chi connectivity index (χ2n) is 5.68. The summed E-state index contributed by atoms with van der Waals surface area (Å²) in [5, 5.41) is 5.96. The van der Waals surface area contributed by atoms with Gasteiger partial charge in [0.2, 0.25) is 0 Å². The molecule has 0 aliphatic carbocycles. The predicted molar refractivity (Wildman–Crippen MR) is 101 cm³/mol. The zero-order valence-corrected chi connectivity index (χ0v) is 14.6. The molecular weight excluding hydrogens is 353 g/mol. The van der Waals surface area contributed by atoms with Crippen LogP contribution < -0.4 is 10.6 Å². The summed E-state index contributed by atoms with van der Waals surface area (Å²) in [6, 6.07) is 17.6. The minimum atomic E-state index is -0.481. The summed E-state index contributed by atoms with van der Waals surface area (Å²) < 4.78 is 13.2. The molecule has 132 valence electrons. The zero-order chi connectivity index (χ0) is 18.4. The minimum Gasteiger partial charge on any atom is -0.355 e. The maximum atomic E-state index is 13.2. The summed E-state index contributed by atoms with van der Waals surface area (Å²) in [7, 11) is 0. The first kappa shape index (κ1) is 17.9. The molecule has 0 radical (unpaired) electrons. The highest BCUT2D eigenvalue weighted by atomic mass is 35.5. The monoisotopic (exact) mass is 369 g/mol. The Morgan fingerprint density at radius 2 is 1.81 bits per heavy atom. The number of aromatic nitrogens is 1. The number of anilines is 2. The number of rotatable bonds is 6. The van der Waals surface area contributed by atoms with Crippen LogP contribution in [0.15, 0.2) is 66.9 Å². The van der Waals surface area contributed by atoms with Gasteiger partial charge >= 0.3 is 0 Å². The average Bonchev–Trinajstić information content (AvgIpc) is 2.66. The highest BCUT2D eigenvalue weighted by Gasteiger charge is 2.08. The molecule has 1 amide bonds. The van der Waals surface area contributed by atoms with Crippen molar-refractivity contribution in [3.63, 3.8) is 0 Å². The molecule has 4 nitrogen and oxygen atoms in total. The molecule has 1 heterocycles. The molecule has 0 unspecified atom stereocenters. The van der Waals surface area contributed by atoms with Gasteiger partial charge in [0, 0.05) is 24.1 Å². The third-order valence-corrected chi connectivity index (χ3v) is 4.03. The topological polar surface area (TPSA) is 54.0 Å². The van der Waals surface area contributed by atoms with Crippen molar-refractivity contribution in [2.24, 2.45) is 0 Å². The number of hydrogen-bond donors (Lipinski definition) is 2. The van der Waals surface area contributed by atoms with Crippen molar-refractivity contribution in [2.45, 2.75) is 6.42 Å². The van der Waals surface area contributed by atoms with Gasteiger partial charge < -0.3 is 10.6 Å². The quantitative estimate of drug-likeness (QED) is 0.668. The third-order valence-electron chi connectivity index (χ3n) is 3.74. The Morgan fingerprint density at radius 1 is 1.04 bits per heavy atom. The Kier molecular flexibility index (Phi) is 5.81. The molecule has 0 bridgehead atoms. The van der Waals surface area contributed by atoms with Crippen molar-refractivity contribution >= 4 is 28.9 Å². The third kappa shape index (κ3) is 4.80. The van der Waals surface area contributed by atoms with Gasteiger partial charge in [0.1, 0.15) is 11.5 Å². The van der Waals surface area contributed by atoms with Crippen LogP contribution >= 0.6 is 11.6 Å². The number of hydrogen-bond acceptors (Lipinski definition) is 3. The van der Waals surface area contributed by atoms with Gasteiger partial charge in [-0.2, -0.15) is 0 Å². The number of nitrogens with one attached hydrogen (secondary N) is 2. The van der Waals surface area contributed by atoms with Crippen LogP contribution in [0.4, 0.5) is 15.8 Å². The van der Waals surface area contributed by atoms with E-state index in [2.05, 4.69) is 15.6 Å². The van der Waals surface area contributed by atoms with Crippen LogP contribution in [-0.4, -0.2) is 17.4 Å². The van der Waals surface area contributed by atoms with E-state index in [-0.39, 0.29) is 10.9 Å². The van der Waals surface area contributed by atoms with Gasteiger partial charge in [0.15, 0.2) is 0 Å². The van der Waals surface area contributed by atoms with Crippen LogP contribution in [0, 0.1) is 5.82 Å². The fourth-order valence-electron chi connectivity index (χ4n) is 2.43. The lowest BCUT2D eigenvalue weighted by molar-refractivity contribution is 0.0949. The standard InChI is InChI=1S/C20H17ClFN3O/c21-17-12-15(6-7-18(17)22)25-16-9-11-23-19(13-16)20(26)24-10-8-14-4-2-1-3-5-14/h1-7,9,11-13H,8,10H2,(H,23,25)(H,24,26). The molecule has 2 aromatic carbocycles. The number of amides is 1. The molecule has 0 atom stereocenters. The summed E-state index contributed by atoms with van der Waals surface area (Å²) in [6.45, 7) is 0.524. The van der Waals surface area contributed by atoms with E-state index in [1.165, 1.54) is 12.1 Å². The number of halogens is 2. The van der Waals surface area contributed by atoms with E-state index in [9.17, 15) is 9.18 Å². The number of carbonyl (C=O) groups excluding carboxylic acids is 1. The first-order valence-electron chi connectivity index (χ1n) is 8.12. The van der Waals surface area contributed by atoms with Crippen molar-refractivity contribution in [3.05, 3.63) is 89.0 Å². The molecule has 0 saturated carbocycles. The Balaban J connectivity index is 1.60. The van der Waals surface area contributed by atoms with Crippen LogP contribution in [0.3, 0.4) is 0 Å². The van der Waals surface area contributed by atoms with Gasteiger partial charge in [-0.05, 0) is 42.3 Å². The Morgan fingerprint density at radius 3 is 2.58 bits per heavy atom. The second kappa shape index (κ2) is 8.45. The SMILES string of the molecule is O=C(NCCc1ccccc1)c1cc(Nc2ccc(F)c(Cl)c2)ccn1. The number of nitrogens with zero attached hydrogens (tertiary/aromatic N) is 1. The molecule has 0 aliphatic heterocycles. The van der Waals surface area contributed by atoms with Crippen molar-refractivity contribution in [1.82, 2.24) is 10.3 Å². The van der Waals surface area contributed by atoms with Gasteiger partial charge in [-0.15, -0.1) is 0 Å². The molecule has 0 spiro atoms. The lowest BCUT2D eigenvalue weighted by Crippen LogP contribution is -2.26. The van der Waals surface area contributed by atoms with Gasteiger partial charge in [0.25, 0.3) is 5.91 Å². The molecule has 1 aromatic heterocycles. The summed E-state index contributed by atoms with van der Waals surface area (Å²) in [5.41, 5.74) is 2.74. The maximum Gasteiger partial charge on any atom is 0.269 e. The van der Waals surface area contributed by atoms with Gasteiger partial charge in [0.05, 0.1) is 5.02 Å². The summed E-state index contributed by atoms with van der Waals surface area (Å²) in [6.07, 6.45) is 2.29. The van der Waals surface area contributed by atoms with Crippen molar-refractivity contribution in [1.29, 1.82) is 0 Å². The van der Waals surface area contributed by atoms with Gasteiger partial charge in [-0.25, -0.2) is 4.39 Å². The maximum absolute atomic E-state index is 13.2. The van der Waals surface area contributed by atoms with E-state index in [0.29, 0.717) is 23.6 Å². The lowest BCUT2D eigenvalue weighted by Gasteiger charge is -2.09. The Bertz CT molecular complexity index is 903. The van der Waals surface area contributed by atoms with Crippen molar-refractivity contribution in [2.75, 3.05) is 11.9 Å². The summed E-state index contributed by atoms with van der Waals surface area (Å²) in [4.78, 5) is 16.4. The van der Waals surface area contributed by atoms with Crippen molar-refractivity contribution < 1.29 is 9.18 Å². The summed E-state index contributed by atoms with van der Waals surface area (Å²) in [5.74, 6) is -0.729. The average molecular weight is 370 g/mol. The largest absolute Gasteiger partial charge is 0.355 e. The van der Waals surface area contributed by atoms with E-state index >= 15 is 0 Å². The fourth-order valence-corrected chi connectivity index (χ4v) is 2.61. The van der Waals surface area contributed by atoms with E-state index < -0.39 is 5.82 Å². The van der Waals surface area contributed by atoms with E-state index in [4.69, 9.17) is 11.6 Å². The lowest BCUT2D eigenvalue weighted by atomic mass is 10.1. The van der Waals surface area contributed by atoms with Crippen LogP contribution in [0.25, 0.3) is 0 Å². The van der Waals surface area contributed by atoms with Crippen LogP contribution in [0.5, 0.6) is 0 Å². The van der Waals surface area contributed by atoms with E-state index in [1.807, 2.05) is 30.3 Å². The van der Waals surface area contributed by atoms with E-state index in [0.717, 1.165) is 12.0 Å². The van der Waals surface area contributed by atoms with Crippen LogP contribution in [0.1, 0.15) is 16.1 Å². The Labute approximate surface area is 156 Å². The smallest absolute Gasteiger partial charge is 0.269 e. The van der Waals surface area contributed by atoms with Gasteiger partial charge in [-0.3, -0.25) is 9.78 Å². The van der Waals surface area contributed by atoms with Crippen molar-refractivity contribution in [3.8, 4) is 0 Å². The zero-order valence-electron chi connectivity index (χ0n) is 13.9. The molecule has 0 saturated heterocycles. The summed E-state index contributed by atoms with van der Waals surface area (Å²) >= 11 is 5.78. The molecule has 2 N–H and O–H groups in total.